The normalized spacial score (nSPS) is 11.7. The molecule has 142 valence electrons. The van der Waals surface area contributed by atoms with E-state index in [0.717, 1.165) is 11.1 Å². The number of carbonyl (C=O) groups excluding carboxylic acids is 2. The maximum absolute atomic E-state index is 12.7. The summed E-state index contributed by atoms with van der Waals surface area (Å²) in [5.41, 5.74) is 2.35. The van der Waals surface area contributed by atoms with Crippen molar-refractivity contribution >= 4 is 23.5 Å². The lowest BCUT2D eigenvalue weighted by Crippen LogP contribution is -2.30. The maximum Gasteiger partial charge on any atom is 0.322 e. The van der Waals surface area contributed by atoms with Gasteiger partial charge in [-0.1, -0.05) is 56.3 Å². The van der Waals surface area contributed by atoms with Gasteiger partial charge in [-0.15, -0.1) is 0 Å². The number of anilines is 1. The Morgan fingerprint density at radius 3 is 2.15 bits per heavy atom. The summed E-state index contributed by atoms with van der Waals surface area (Å²) in [6.07, 6.45) is 0.0835. The predicted molar refractivity (Wildman–Crippen MR) is 103 cm³/mol. The summed E-state index contributed by atoms with van der Waals surface area (Å²) >= 11 is 0. The maximum atomic E-state index is 12.7. The molecular formula is C21H24N2O4. The van der Waals surface area contributed by atoms with Crippen molar-refractivity contribution in [3.8, 4) is 0 Å². The predicted octanol–water partition coefficient (Wildman–Crippen LogP) is 2.81. The van der Waals surface area contributed by atoms with Gasteiger partial charge in [-0.3, -0.25) is 14.4 Å². The topological polar surface area (TPSA) is 95.5 Å². The van der Waals surface area contributed by atoms with Crippen LogP contribution in [0.25, 0.3) is 0 Å². The van der Waals surface area contributed by atoms with Crippen LogP contribution >= 0.6 is 0 Å². The molecule has 27 heavy (non-hydrogen) atoms. The quantitative estimate of drug-likeness (QED) is 0.668. The molecule has 2 aromatic rings. The number of aliphatic carboxylic acids is 1. The molecule has 0 aliphatic heterocycles. The minimum atomic E-state index is -1.08. The highest BCUT2D eigenvalue weighted by atomic mass is 16.4. The van der Waals surface area contributed by atoms with Crippen LogP contribution in [0, 0.1) is 5.92 Å². The largest absolute Gasteiger partial charge is 0.480 e. The van der Waals surface area contributed by atoms with Crippen molar-refractivity contribution in [3.05, 3.63) is 65.7 Å². The fourth-order valence-electron chi connectivity index (χ4n) is 2.85. The number of hydrogen-bond donors (Lipinski definition) is 3. The lowest BCUT2D eigenvalue weighted by atomic mass is 9.87. The number of carboxylic acid groups (broad SMARTS) is 1. The summed E-state index contributed by atoms with van der Waals surface area (Å²) in [7, 11) is 0. The molecule has 0 heterocycles. The first-order chi connectivity index (χ1) is 12.9. The molecule has 2 aromatic carbocycles. The minimum Gasteiger partial charge on any atom is -0.480 e. The average Bonchev–Trinajstić information content (AvgIpc) is 2.62. The third kappa shape index (κ3) is 6.26. The van der Waals surface area contributed by atoms with Crippen molar-refractivity contribution in [2.24, 2.45) is 5.92 Å². The van der Waals surface area contributed by atoms with Gasteiger partial charge in [0.15, 0.2) is 0 Å². The van der Waals surface area contributed by atoms with E-state index in [4.69, 9.17) is 5.11 Å². The number of amides is 2. The summed E-state index contributed by atoms with van der Waals surface area (Å²) in [4.78, 5) is 34.8. The number of hydrogen-bond acceptors (Lipinski definition) is 3. The Hall–Kier alpha value is -3.15. The van der Waals surface area contributed by atoms with Gasteiger partial charge in [0.1, 0.15) is 6.54 Å². The van der Waals surface area contributed by atoms with Crippen LogP contribution in [0.5, 0.6) is 0 Å². The van der Waals surface area contributed by atoms with Crippen LogP contribution in [0.1, 0.15) is 30.9 Å². The lowest BCUT2D eigenvalue weighted by molar-refractivity contribution is -0.137. The Bertz CT molecular complexity index is 786. The molecule has 1 atom stereocenters. The first-order valence-electron chi connectivity index (χ1n) is 8.80. The minimum absolute atomic E-state index is 0.0804. The summed E-state index contributed by atoms with van der Waals surface area (Å²) in [5.74, 6) is -1.64. The van der Waals surface area contributed by atoms with Gasteiger partial charge in [-0.25, -0.2) is 0 Å². The number of carbonyl (C=O) groups is 3. The van der Waals surface area contributed by atoms with Gasteiger partial charge in [0, 0.05) is 5.69 Å². The fraction of sp³-hybridized carbons (Fsp3) is 0.286. The van der Waals surface area contributed by atoms with Crippen LogP contribution in [-0.2, 0) is 20.8 Å². The molecule has 0 bridgehead atoms. The van der Waals surface area contributed by atoms with Crippen molar-refractivity contribution in [3.63, 3.8) is 0 Å². The molecule has 6 nitrogen and oxygen atoms in total. The average molecular weight is 368 g/mol. The molecule has 0 saturated heterocycles. The zero-order chi connectivity index (χ0) is 19.8. The molecule has 0 fully saturated rings. The molecule has 0 saturated carbocycles. The molecule has 0 aromatic heterocycles. The Kier molecular flexibility index (Phi) is 7.11. The molecule has 0 spiro atoms. The standard InChI is InChI=1S/C21H24N2O4/c1-14(2)20(16-6-4-3-5-7-16)21(27)23-17-10-8-15(9-11-17)12-18(24)22-13-19(25)26/h3-11,14,20H,12-13H2,1-2H3,(H,22,24)(H,23,27)(H,25,26). The highest BCUT2D eigenvalue weighted by molar-refractivity contribution is 5.96. The van der Waals surface area contributed by atoms with Crippen molar-refractivity contribution in [2.75, 3.05) is 11.9 Å². The van der Waals surface area contributed by atoms with E-state index < -0.39 is 12.5 Å². The van der Waals surface area contributed by atoms with E-state index in [2.05, 4.69) is 10.6 Å². The fourth-order valence-corrected chi connectivity index (χ4v) is 2.85. The zero-order valence-electron chi connectivity index (χ0n) is 15.4. The van der Waals surface area contributed by atoms with Crippen molar-refractivity contribution in [1.29, 1.82) is 0 Å². The lowest BCUT2D eigenvalue weighted by Gasteiger charge is -2.21. The highest BCUT2D eigenvalue weighted by Gasteiger charge is 2.24. The molecule has 0 radical (unpaired) electrons. The Morgan fingerprint density at radius 1 is 0.963 bits per heavy atom. The van der Waals surface area contributed by atoms with E-state index in [1.807, 2.05) is 44.2 Å². The van der Waals surface area contributed by atoms with Crippen LogP contribution in [0.2, 0.25) is 0 Å². The summed E-state index contributed by atoms with van der Waals surface area (Å²) < 4.78 is 0. The second kappa shape index (κ2) is 9.52. The van der Waals surface area contributed by atoms with Gasteiger partial charge >= 0.3 is 5.97 Å². The van der Waals surface area contributed by atoms with E-state index in [0.29, 0.717) is 5.69 Å². The Balaban J connectivity index is 1.99. The molecule has 2 amide bonds. The molecule has 1 unspecified atom stereocenters. The zero-order valence-corrected chi connectivity index (χ0v) is 15.4. The van der Waals surface area contributed by atoms with Crippen molar-refractivity contribution in [2.45, 2.75) is 26.2 Å². The molecule has 2 rings (SSSR count). The smallest absolute Gasteiger partial charge is 0.322 e. The monoisotopic (exact) mass is 368 g/mol. The van der Waals surface area contributed by atoms with Crippen LogP contribution in [0.3, 0.4) is 0 Å². The van der Waals surface area contributed by atoms with Gasteiger partial charge in [0.25, 0.3) is 0 Å². The van der Waals surface area contributed by atoms with Crippen molar-refractivity contribution in [1.82, 2.24) is 5.32 Å². The van der Waals surface area contributed by atoms with Crippen molar-refractivity contribution < 1.29 is 19.5 Å². The van der Waals surface area contributed by atoms with E-state index in [1.54, 1.807) is 24.3 Å². The van der Waals surface area contributed by atoms with Gasteiger partial charge in [-0.2, -0.15) is 0 Å². The number of carboxylic acids is 1. The van der Waals surface area contributed by atoms with Crippen LogP contribution < -0.4 is 10.6 Å². The molecule has 3 N–H and O–H groups in total. The Labute approximate surface area is 158 Å². The number of rotatable bonds is 8. The highest BCUT2D eigenvalue weighted by Crippen LogP contribution is 2.26. The second-order valence-corrected chi connectivity index (χ2v) is 6.67. The van der Waals surface area contributed by atoms with Gasteiger partial charge in [0.2, 0.25) is 11.8 Å². The van der Waals surface area contributed by atoms with Crippen LogP contribution in [0.15, 0.2) is 54.6 Å². The summed E-state index contributed by atoms with van der Waals surface area (Å²) in [6, 6.07) is 16.6. The third-order valence-electron chi connectivity index (χ3n) is 4.13. The van der Waals surface area contributed by atoms with Gasteiger partial charge < -0.3 is 15.7 Å². The third-order valence-corrected chi connectivity index (χ3v) is 4.13. The van der Waals surface area contributed by atoms with E-state index in [9.17, 15) is 14.4 Å². The van der Waals surface area contributed by atoms with Crippen LogP contribution in [-0.4, -0.2) is 29.4 Å². The van der Waals surface area contributed by atoms with E-state index in [-0.39, 0.29) is 30.1 Å². The molecule has 0 aliphatic rings. The van der Waals surface area contributed by atoms with E-state index in [1.165, 1.54) is 0 Å². The van der Waals surface area contributed by atoms with E-state index >= 15 is 0 Å². The molecule has 6 heteroatoms. The molecule has 0 aliphatic carbocycles. The summed E-state index contributed by atoms with van der Waals surface area (Å²) in [5, 5.41) is 13.8. The number of nitrogens with one attached hydrogen (secondary N) is 2. The molecular weight excluding hydrogens is 344 g/mol. The SMILES string of the molecule is CC(C)C(C(=O)Nc1ccc(CC(=O)NCC(=O)O)cc1)c1ccccc1. The second-order valence-electron chi connectivity index (χ2n) is 6.67. The van der Waals surface area contributed by atoms with Gasteiger partial charge in [0.05, 0.1) is 12.3 Å². The van der Waals surface area contributed by atoms with Gasteiger partial charge in [-0.05, 0) is 29.2 Å². The summed E-state index contributed by atoms with van der Waals surface area (Å²) in [6.45, 7) is 3.62. The Morgan fingerprint density at radius 2 is 1.59 bits per heavy atom. The number of benzene rings is 2. The van der Waals surface area contributed by atoms with Crippen LogP contribution in [0.4, 0.5) is 5.69 Å². The first kappa shape index (κ1) is 20.2. The first-order valence-corrected chi connectivity index (χ1v) is 8.80.